The van der Waals surface area contributed by atoms with E-state index < -0.39 is 0 Å². The first-order chi connectivity index (χ1) is 6.36. The van der Waals surface area contributed by atoms with E-state index in [0.29, 0.717) is 18.1 Å². The van der Waals surface area contributed by atoms with Gasteiger partial charge >= 0.3 is 23.2 Å². The van der Waals surface area contributed by atoms with Crippen molar-refractivity contribution in [1.29, 1.82) is 0 Å². The third-order valence-electron chi connectivity index (χ3n) is 4.09. The molecule has 1 fully saturated rings. The largest absolute Gasteiger partial charge is 0.358 e. The van der Waals surface area contributed by atoms with Gasteiger partial charge in [0.2, 0.25) is 0 Å². The first-order valence-electron chi connectivity index (χ1n) is 5.00. The molecule has 0 aromatic heterocycles. The Kier molecular flexibility index (Phi) is 7.08. The molecule has 0 spiro atoms. The zero-order chi connectivity index (χ0) is 11.6. The Morgan fingerprint density at radius 3 is 2.07 bits per heavy atom. The molecule has 1 nitrogen and oxygen atoms in total. The average molecular weight is 387 g/mol. The van der Waals surface area contributed by atoms with E-state index in [-0.39, 0.29) is 18.3 Å². The van der Waals surface area contributed by atoms with Crippen molar-refractivity contribution in [3.8, 4) is 0 Å². The van der Waals surface area contributed by atoms with Crippen LogP contribution in [0.3, 0.4) is 0 Å². The van der Waals surface area contributed by atoms with Gasteiger partial charge in [0, 0.05) is 6.42 Å². The number of rotatable bonds is 1. The number of carbonyl (C=O) groups is 1. The fourth-order valence-electron chi connectivity index (χ4n) is 2.21. The minimum absolute atomic E-state index is 0. The van der Waals surface area contributed by atoms with Crippen molar-refractivity contribution in [2.24, 2.45) is 16.7 Å². The van der Waals surface area contributed by atoms with Crippen molar-refractivity contribution in [2.45, 2.75) is 40.5 Å². The summed E-state index contributed by atoms with van der Waals surface area (Å²) in [6.07, 6.45) is 1.58. The van der Waals surface area contributed by atoms with Crippen molar-refractivity contribution in [1.82, 2.24) is 0 Å². The van der Waals surface area contributed by atoms with Crippen LogP contribution in [0.4, 0.5) is 0 Å². The smallest absolute Gasteiger partial charge is 0.358 e. The van der Waals surface area contributed by atoms with Crippen molar-refractivity contribution >= 4 is 10.9 Å². The zero-order valence-corrected chi connectivity index (χ0v) is 13.2. The number of hydrogen-bond donors (Lipinski definition) is 0. The second-order valence-corrected chi connectivity index (χ2v) is 4.69. The van der Waals surface area contributed by atoms with Crippen LogP contribution in [0.15, 0.2) is 0 Å². The number of hydrogen-bond acceptors (Lipinski definition) is 1. The van der Waals surface area contributed by atoms with E-state index >= 15 is 0 Å². The molecule has 0 heterocycles. The predicted octanol–water partition coefficient (Wildman–Crippen LogP) is 3.27. The van der Waals surface area contributed by atoms with Crippen LogP contribution in [0, 0.1) is 31.1 Å². The molecule has 1 rings (SSSR count). The van der Waals surface area contributed by atoms with Gasteiger partial charge in [-0.15, -0.1) is 0 Å². The monoisotopic (exact) mass is 388 g/mol. The maximum absolute atomic E-state index is 11.7. The summed E-state index contributed by atoms with van der Waals surface area (Å²) in [5, 5.41) is 3.28. The zero-order valence-electron chi connectivity index (χ0n) is 10.7. The van der Waals surface area contributed by atoms with Crippen LogP contribution in [0.25, 0.3) is 0 Å². The Bertz CT molecular complexity index is 223. The third-order valence-corrected chi connectivity index (χ3v) is 4.09. The van der Waals surface area contributed by atoms with Gasteiger partial charge in [-0.05, 0) is 11.3 Å². The van der Waals surface area contributed by atoms with Gasteiger partial charge in [0.05, 0.1) is 0 Å². The van der Waals surface area contributed by atoms with Crippen LogP contribution in [0.1, 0.15) is 40.5 Å². The molecule has 0 radical (unpaired) electrons. The molecular formula is C13H24OOs-2. The molecule has 15 heavy (non-hydrogen) atoms. The molecule has 0 aromatic carbocycles. The number of ketones is 1. The number of carbonyl (C=O) groups excluding carboxylic acids is 1. The van der Waals surface area contributed by atoms with E-state index in [1.165, 1.54) is 0 Å². The Labute approximate surface area is 105 Å². The number of Topliss-reactive ketones (excluding diaryl/α,β-unsaturated/α-hetero) is 1. The normalized spacial score (nSPS) is 32.7. The molecule has 92 valence electrons. The van der Waals surface area contributed by atoms with E-state index in [0.717, 1.165) is 6.42 Å². The van der Waals surface area contributed by atoms with Gasteiger partial charge in [0.1, 0.15) is 5.78 Å². The Balaban J connectivity index is 0. The summed E-state index contributed by atoms with van der Waals surface area (Å²) >= 11 is 1.61. The van der Waals surface area contributed by atoms with Crippen LogP contribution in [-0.2, 0) is 22.9 Å². The van der Waals surface area contributed by atoms with Gasteiger partial charge in [-0.1, -0.05) is 39.5 Å². The van der Waals surface area contributed by atoms with Gasteiger partial charge in [0.15, 0.2) is 0 Å². The van der Waals surface area contributed by atoms with E-state index in [1.54, 1.807) is 18.1 Å². The molecule has 1 aliphatic carbocycles. The van der Waals surface area contributed by atoms with E-state index in [4.69, 9.17) is 0 Å². The van der Waals surface area contributed by atoms with Gasteiger partial charge in [-0.25, -0.2) is 0 Å². The fourth-order valence-corrected chi connectivity index (χ4v) is 2.21. The topological polar surface area (TPSA) is 17.1 Å². The van der Waals surface area contributed by atoms with Crippen LogP contribution >= 0.6 is 0 Å². The standard InChI is InChI=1S/C11H19O.CH3.CH2.Os/c1-6-11(5)9(12)7-8(2)10(11,3)4;;;/h8H,5-7H2,1-4H3;1H3;1H2;/q2*-1;;/t8-,11?;;;/m1.../s1. The maximum Gasteiger partial charge on any atom is -0.358 e. The van der Waals surface area contributed by atoms with Crippen molar-refractivity contribution in [2.75, 3.05) is 0 Å². The van der Waals surface area contributed by atoms with Crippen LogP contribution in [0.5, 0.6) is 0 Å². The molecule has 0 N–H and O–H groups in total. The first kappa shape index (κ1) is 17.6. The summed E-state index contributed by atoms with van der Waals surface area (Å²) in [6, 6.07) is 0. The summed E-state index contributed by atoms with van der Waals surface area (Å²) < 4.78 is 0. The van der Waals surface area contributed by atoms with Crippen LogP contribution < -0.4 is 0 Å². The molecule has 2 heteroatoms. The summed E-state index contributed by atoms with van der Waals surface area (Å²) in [7, 11) is 0. The average Bonchev–Trinajstić information content (AvgIpc) is 2.31. The van der Waals surface area contributed by atoms with Crippen molar-refractivity contribution in [3.05, 3.63) is 14.4 Å². The minimum Gasteiger partial charge on any atom is -0.358 e. The minimum atomic E-state index is -0.327. The first-order valence-corrected chi connectivity index (χ1v) is 6.79. The Hall–Kier alpha value is 0.176. The molecule has 1 saturated carbocycles. The van der Waals surface area contributed by atoms with E-state index in [2.05, 4.69) is 39.7 Å². The second-order valence-electron chi connectivity index (χ2n) is 4.69. The molecule has 1 unspecified atom stereocenters. The van der Waals surface area contributed by atoms with Crippen molar-refractivity contribution < 1.29 is 22.9 Å². The second kappa shape index (κ2) is 6.05. The van der Waals surface area contributed by atoms with Crippen LogP contribution in [-0.4, -0.2) is 10.9 Å². The van der Waals surface area contributed by atoms with E-state index in [1.807, 2.05) is 0 Å². The van der Waals surface area contributed by atoms with Gasteiger partial charge in [-0.3, -0.25) is 0 Å². The molecule has 0 bridgehead atoms. The van der Waals surface area contributed by atoms with Crippen LogP contribution in [0.2, 0.25) is 0 Å². The SMILES string of the molecule is [CH2-]C1(CC)C(=O)C[C@@H](C)C1(C)C.[CH2]=[Os].[CH3-]. The molecule has 2 atom stereocenters. The molecule has 0 amide bonds. The van der Waals surface area contributed by atoms with Crippen molar-refractivity contribution in [3.63, 3.8) is 0 Å². The molecule has 0 aliphatic heterocycles. The van der Waals surface area contributed by atoms with E-state index in [9.17, 15) is 4.79 Å². The molecule has 0 saturated heterocycles. The molecule has 0 aromatic rings. The summed E-state index contributed by atoms with van der Waals surface area (Å²) in [4.78, 5) is 11.7. The van der Waals surface area contributed by atoms with Gasteiger partial charge < -0.3 is 19.1 Å². The Morgan fingerprint density at radius 2 is 1.93 bits per heavy atom. The third kappa shape index (κ3) is 2.65. The molecular weight excluding hydrogens is 362 g/mol. The predicted molar refractivity (Wildman–Crippen MR) is 64.2 cm³/mol. The molecule has 1 aliphatic rings. The summed E-state index contributed by atoms with van der Waals surface area (Å²) in [6.45, 7) is 12.7. The summed E-state index contributed by atoms with van der Waals surface area (Å²) in [5.74, 6) is 0.824. The summed E-state index contributed by atoms with van der Waals surface area (Å²) in [5.41, 5.74) is -0.259. The quantitative estimate of drug-likeness (QED) is 0.632. The van der Waals surface area contributed by atoms with Gasteiger partial charge in [-0.2, -0.15) is 0 Å². The maximum atomic E-state index is 11.7. The van der Waals surface area contributed by atoms with Gasteiger partial charge in [0.25, 0.3) is 0 Å². The Morgan fingerprint density at radius 1 is 1.53 bits per heavy atom. The fraction of sp³-hybridized carbons (Fsp3) is 0.692.